The van der Waals surface area contributed by atoms with Gasteiger partial charge in [-0.1, -0.05) is 12.1 Å². The molecule has 0 aliphatic rings. The van der Waals surface area contributed by atoms with E-state index in [0.717, 1.165) is 5.56 Å². The van der Waals surface area contributed by atoms with Crippen LogP contribution < -0.4 is 4.74 Å². The molecule has 1 N–H and O–H groups in total. The Morgan fingerprint density at radius 2 is 2.17 bits per heavy atom. The molecule has 100 valence electrons. The van der Waals surface area contributed by atoms with Gasteiger partial charge in [-0.2, -0.15) is 8.78 Å². The lowest BCUT2D eigenvalue weighted by atomic mass is 10.1. The van der Waals surface area contributed by atoms with Crippen LogP contribution >= 0.6 is 0 Å². The number of nitrogens with zero attached hydrogens (tertiary/aromatic N) is 1. The fourth-order valence-corrected chi connectivity index (χ4v) is 1.56. The Morgan fingerprint density at radius 1 is 1.50 bits per heavy atom. The number of benzene rings is 1. The minimum absolute atomic E-state index is 0.0677. The molecule has 0 aliphatic carbocycles. The van der Waals surface area contributed by atoms with Gasteiger partial charge < -0.3 is 9.84 Å². The van der Waals surface area contributed by atoms with Gasteiger partial charge in [0.05, 0.1) is 6.54 Å². The van der Waals surface area contributed by atoms with Crippen molar-refractivity contribution < 1.29 is 23.4 Å². The van der Waals surface area contributed by atoms with Crippen molar-refractivity contribution in [3.8, 4) is 5.75 Å². The Kier molecular flexibility index (Phi) is 5.03. The molecule has 1 aromatic carbocycles. The number of ether oxygens (including phenoxy) is 1. The number of alkyl halides is 2. The van der Waals surface area contributed by atoms with E-state index in [1.807, 2.05) is 0 Å². The summed E-state index contributed by atoms with van der Waals surface area (Å²) in [5, 5.41) is 8.69. The third-order valence-electron chi connectivity index (χ3n) is 2.61. The highest BCUT2D eigenvalue weighted by atomic mass is 19.3. The molecule has 0 fully saturated rings. The van der Waals surface area contributed by atoms with Crippen LogP contribution in [-0.4, -0.2) is 36.2 Å². The van der Waals surface area contributed by atoms with Gasteiger partial charge in [0.25, 0.3) is 0 Å². The van der Waals surface area contributed by atoms with Crippen LogP contribution in [0.2, 0.25) is 0 Å². The van der Waals surface area contributed by atoms with Crippen molar-refractivity contribution in [2.24, 2.45) is 0 Å². The van der Waals surface area contributed by atoms with Gasteiger partial charge in [0.2, 0.25) is 0 Å². The molecule has 0 bridgehead atoms. The molecule has 0 aromatic heterocycles. The number of hydrogen-bond acceptors (Lipinski definition) is 3. The second-order valence-electron chi connectivity index (χ2n) is 3.94. The van der Waals surface area contributed by atoms with Gasteiger partial charge >= 0.3 is 12.6 Å². The summed E-state index contributed by atoms with van der Waals surface area (Å²) < 4.78 is 28.4. The van der Waals surface area contributed by atoms with Gasteiger partial charge in [0.1, 0.15) is 5.75 Å². The van der Waals surface area contributed by atoms with Gasteiger partial charge in [0, 0.05) is 6.04 Å². The van der Waals surface area contributed by atoms with Crippen LogP contribution in [0.25, 0.3) is 0 Å². The second kappa shape index (κ2) is 6.30. The quantitative estimate of drug-likeness (QED) is 0.852. The molecule has 6 heteroatoms. The molecule has 0 saturated carbocycles. The first-order chi connectivity index (χ1) is 8.40. The second-order valence-corrected chi connectivity index (χ2v) is 3.94. The van der Waals surface area contributed by atoms with Crippen molar-refractivity contribution in [3.63, 3.8) is 0 Å². The summed E-state index contributed by atoms with van der Waals surface area (Å²) in [6, 6.07) is 6.04. The summed E-state index contributed by atoms with van der Waals surface area (Å²) >= 11 is 0. The molecule has 1 unspecified atom stereocenters. The minimum atomic E-state index is -2.87. The molecular formula is C12H15F2NO3. The molecule has 1 aromatic rings. The number of carboxylic acid groups (broad SMARTS) is 1. The molecule has 0 amide bonds. The van der Waals surface area contributed by atoms with Crippen molar-refractivity contribution in [2.75, 3.05) is 13.6 Å². The Balaban J connectivity index is 2.79. The number of halogens is 2. The van der Waals surface area contributed by atoms with Crippen LogP contribution in [0, 0.1) is 0 Å². The van der Waals surface area contributed by atoms with Gasteiger partial charge in [-0.25, -0.2) is 0 Å². The topological polar surface area (TPSA) is 49.8 Å². The average molecular weight is 259 g/mol. The largest absolute Gasteiger partial charge is 0.480 e. The summed E-state index contributed by atoms with van der Waals surface area (Å²) in [6.07, 6.45) is 0. The van der Waals surface area contributed by atoms with Gasteiger partial charge in [-0.05, 0) is 31.7 Å². The number of carboxylic acids is 1. The summed E-state index contributed by atoms with van der Waals surface area (Å²) in [7, 11) is 1.65. The van der Waals surface area contributed by atoms with Crippen LogP contribution in [0.5, 0.6) is 5.75 Å². The average Bonchev–Trinajstić information content (AvgIpc) is 2.26. The lowest BCUT2D eigenvalue weighted by molar-refractivity contribution is -0.138. The first-order valence-electron chi connectivity index (χ1n) is 5.37. The monoisotopic (exact) mass is 259 g/mol. The third-order valence-corrected chi connectivity index (χ3v) is 2.61. The standard InChI is InChI=1S/C12H15F2NO3/c1-8(15(2)7-11(16)17)9-4-3-5-10(6-9)18-12(13)14/h3-6,8,12H,7H2,1-2H3,(H,16,17). The molecule has 0 spiro atoms. The minimum Gasteiger partial charge on any atom is -0.480 e. The van der Waals surface area contributed by atoms with Crippen LogP contribution in [0.1, 0.15) is 18.5 Å². The molecule has 0 saturated heterocycles. The Labute approximate surface area is 104 Å². The van der Waals surface area contributed by atoms with E-state index in [4.69, 9.17) is 5.11 Å². The summed E-state index contributed by atoms with van der Waals surface area (Å²) in [4.78, 5) is 12.2. The van der Waals surface area contributed by atoms with Gasteiger partial charge in [0.15, 0.2) is 0 Å². The number of carbonyl (C=O) groups is 1. The Bertz CT molecular complexity index is 412. The fourth-order valence-electron chi connectivity index (χ4n) is 1.56. The van der Waals surface area contributed by atoms with E-state index in [2.05, 4.69) is 4.74 Å². The third kappa shape index (κ3) is 4.29. The summed E-state index contributed by atoms with van der Waals surface area (Å²) in [5.74, 6) is -0.873. The predicted octanol–water partition coefficient (Wildman–Crippen LogP) is 2.37. The molecular weight excluding hydrogens is 244 g/mol. The lowest BCUT2D eigenvalue weighted by Gasteiger charge is -2.23. The zero-order chi connectivity index (χ0) is 13.7. The fraction of sp³-hybridized carbons (Fsp3) is 0.417. The van der Waals surface area contributed by atoms with E-state index in [9.17, 15) is 13.6 Å². The van der Waals surface area contributed by atoms with Crippen molar-refractivity contribution >= 4 is 5.97 Å². The van der Waals surface area contributed by atoms with E-state index in [1.165, 1.54) is 12.1 Å². The molecule has 18 heavy (non-hydrogen) atoms. The Hall–Kier alpha value is -1.69. The summed E-state index contributed by atoms with van der Waals surface area (Å²) in [6.45, 7) is -1.20. The van der Waals surface area contributed by atoms with Crippen molar-refractivity contribution in [3.05, 3.63) is 29.8 Å². The van der Waals surface area contributed by atoms with Crippen molar-refractivity contribution in [2.45, 2.75) is 19.6 Å². The van der Waals surface area contributed by atoms with Crippen LogP contribution in [0.3, 0.4) is 0 Å². The molecule has 0 heterocycles. The first-order valence-corrected chi connectivity index (χ1v) is 5.37. The van der Waals surface area contributed by atoms with E-state index in [1.54, 1.807) is 31.0 Å². The molecule has 0 radical (unpaired) electrons. The smallest absolute Gasteiger partial charge is 0.387 e. The lowest BCUT2D eigenvalue weighted by Crippen LogP contribution is -2.28. The molecule has 0 aliphatic heterocycles. The highest BCUT2D eigenvalue weighted by molar-refractivity contribution is 5.69. The number of aliphatic carboxylic acids is 1. The zero-order valence-electron chi connectivity index (χ0n) is 10.1. The molecule has 1 atom stereocenters. The van der Waals surface area contributed by atoms with E-state index < -0.39 is 12.6 Å². The zero-order valence-corrected chi connectivity index (χ0v) is 10.1. The van der Waals surface area contributed by atoms with Gasteiger partial charge in [-0.3, -0.25) is 9.69 Å². The van der Waals surface area contributed by atoms with Gasteiger partial charge in [-0.15, -0.1) is 0 Å². The van der Waals surface area contributed by atoms with Crippen LogP contribution in [0.4, 0.5) is 8.78 Å². The number of rotatable bonds is 6. The molecule has 4 nitrogen and oxygen atoms in total. The number of hydrogen-bond donors (Lipinski definition) is 1. The van der Waals surface area contributed by atoms with Crippen molar-refractivity contribution in [1.29, 1.82) is 0 Å². The maximum absolute atomic E-state index is 12.1. The Morgan fingerprint density at radius 3 is 2.72 bits per heavy atom. The van der Waals surface area contributed by atoms with Crippen LogP contribution in [-0.2, 0) is 4.79 Å². The predicted molar refractivity (Wildman–Crippen MR) is 61.8 cm³/mol. The van der Waals surface area contributed by atoms with Crippen molar-refractivity contribution in [1.82, 2.24) is 4.90 Å². The summed E-state index contributed by atoms with van der Waals surface area (Å²) in [5.41, 5.74) is 0.719. The SMILES string of the molecule is CC(c1cccc(OC(F)F)c1)N(C)CC(=O)O. The molecule has 1 rings (SSSR count). The first kappa shape index (κ1) is 14.4. The maximum Gasteiger partial charge on any atom is 0.387 e. The highest BCUT2D eigenvalue weighted by Gasteiger charge is 2.15. The van der Waals surface area contributed by atoms with E-state index in [-0.39, 0.29) is 18.3 Å². The normalized spacial score (nSPS) is 12.8. The van der Waals surface area contributed by atoms with E-state index in [0.29, 0.717) is 0 Å². The number of likely N-dealkylation sites (N-methyl/N-ethyl adjacent to an activating group) is 1. The van der Waals surface area contributed by atoms with Crippen LogP contribution in [0.15, 0.2) is 24.3 Å². The highest BCUT2D eigenvalue weighted by Crippen LogP contribution is 2.23. The maximum atomic E-state index is 12.1. The van der Waals surface area contributed by atoms with E-state index >= 15 is 0 Å².